The fourth-order valence-electron chi connectivity index (χ4n) is 1.40. The van der Waals surface area contributed by atoms with Crippen molar-refractivity contribution in [1.82, 2.24) is 4.98 Å². The zero-order valence-electron chi connectivity index (χ0n) is 10.6. The summed E-state index contributed by atoms with van der Waals surface area (Å²) >= 11 is 0. The van der Waals surface area contributed by atoms with E-state index in [4.69, 9.17) is 9.84 Å². The number of rotatable bonds is 6. The summed E-state index contributed by atoms with van der Waals surface area (Å²) in [6.07, 6.45) is 3.31. The van der Waals surface area contributed by atoms with Gasteiger partial charge in [-0.25, -0.2) is 9.78 Å². The lowest BCUT2D eigenvalue weighted by Crippen LogP contribution is -2.09. The third kappa shape index (κ3) is 4.41. The lowest BCUT2D eigenvalue weighted by Gasteiger charge is -2.02. The van der Waals surface area contributed by atoms with E-state index in [1.165, 1.54) is 0 Å². The van der Waals surface area contributed by atoms with Gasteiger partial charge in [-0.3, -0.25) is 5.43 Å². The maximum atomic E-state index is 10.4. The average molecular weight is 271 g/mol. The van der Waals surface area contributed by atoms with Crippen LogP contribution in [0.4, 0.5) is 5.82 Å². The third-order valence-corrected chi connectivity index (χ3v) is 2.30. The maximum Gasteiger partial charge on any atom is 0.341 e. The highest BCUT2D eigenvalue weighted by Crippen LogP contribution is 2.11. The van der Waals surface area contributed by atoms with E-state index in [9.17, 15) is 4.79 Å². The molecule has 2 aromatic rings. The average Bonchev–Trinajstić information content (AvgIpc) is 2.47. The Balaban J connectivity index is 1.88. The van der Waals surface area contributed by atoms with E-state index in [-0.39, 0.29) is 6.61 Å². The van der Waals surface area contributed by atoms with Gasteiger partial charge in [-0.1, -0.05) is 6.07 Å². The number of carboxylic acids is 1. The van der Waals surface area contributed by atoms with E-state index < -0.39 is 5.97 Å². The number of benzene rings is 1. The summed E-state index contributed by atoms with van der Waals surface area (Å²) < 4.78 is 5.03. The van der Waals surface area contributed by atoms with Gasteiger partial charge in [0.15, 0.2) is 6.61 Å². The molecule has 0 aliphatic rings. The Hall–Kier alpha value is -2.89. The first-order valence-electron chi connectivity index (χ1n) is 5.89. The molecule has 0 saturated heterocycles. The molecule has 2 N–H and O–H groups in total. The Morgan fingerprint density at radius 2 is 2.10 bits per heavy atom. The van der Waals surface area contributed by atoms with Crippen molar-refractivity contribution in [3.63, 3.8) is 0 Å². The van der Waals surface area contributed by atoms with Crippen LogP contribution in [0.5, 0.6) is 5.75 Å². The summed E-state index contributed by atoms with van der Waals surface area (Å²) in [6.45, 7) is -0.353. The normalized spacial score (nSPS) is 10.4. The number of carboxylic acid groups (broad SMARTS) is 1. The van der Waals surface area contributed by atoms with E-state index in [0.717, 1.165) is 5.56 Å². The topological polar surface area (TPSA) is 83.8 Å². The number of aromatic nitrogens is 1. The fraction of sp³-hybridized carbons (Fsp3) is 0.0714. The van der Waals surface area contributed by atoms with Gasteiger partial charge >= 0.3 is 5.97 Å². The lowest BCUT2D eigenvalue weighted by molar-refractivity contribution is -0.139. The molecule has 2 rings (SSSR count). The molecule has 0 radical (unpaired) electrons. The molecule has 0 aliphatic heterocycles. The largest absolute Gasteiger partial charge is 0.482 e. The molecule has 0 spiro atoms. The van der Waals surface area contributed by atoms with Gasteiger partial charge in [-0.15, -0.1) is 0 Å². The Bertz CT molecular complexity index is 582. The summed E-state index contributed by atoms with van der Waals surface area (Å²) in [7, 11) is 0. The molecule has 1 aromatic heterocycles. The highest BCUT2D eigenvalue weighted by Gasteiger charge is 1.98. The number of hydrogen-bond acceptors (Lipinski definition) is 5. The van der Waals surface area contributed by atoms with Gasteiger partial charge in [0.05, 0.1) is 6.21 Å². The molecule has 20 heavy (non-hydrogen) atoms. The number of pyridine rings is 1. The van der Waals surface area contributed by atoms with Crippen LogP contribution in [-0.2, 0) is 4.79 Å². The molecule has 0 fully saturated rings. The summed E-state index contributed by atoms with van der Waals surface area (Å²) in [4.78, 5) is 14.4. The predicted octanol–water partition coefficient (Wildman–Crippen LogP) is 1.99. The first-order chi connectivity index (χ1) is 9.74. The number of nitrogens with one attached hydrogen (secondary N) is 1. The van der Waals surface area contributed by atoms with Gasteiger partial charge in [-0.05, 0) is 42.0 Å². The van der Waals surface area contributed by atoms with Crippen LogP contribution in [0.15, 0.2) is 53.8 Å². The van der Waals surface area contributed by atoms with Crippen molar-refractivity contribution in [2.75, 3.05) is 12.0 Å². The van der Waals surface area contributed by atoms with Gasteiger partial charge in [0.1, 0.15) is 11.6 Å². The minimum Gasteiger partial charge on any atom is -0.482 e. The molecule has 1 heterocycles. The van der Waals surface area contributed by atoms with Crippen molar-refractivity contribution < 1.29 is 14.6 Å². The Morgan fingerprint density at radius 1 is 1.30 bits per heavy atom. The zero-order valence-corrected chi connectivity index (χ0v) is 10.6. The van der Waals surface area contributed by atoms with Crippen LogP contribution in [-0.4, -0.2) is 28.9 Å². The summed E-state index contributed by atoms with van der Waals surface area (Å²) in [5, 5.41) is 12.5. The molecule has 102 valence electrons. The number of hydrazone groups is 1. The Morgan fingerprint density at radius 3 is 2.75 bits per heavy atom. The SMILES string of the molecule is O=C(O)COc1ccc(C=NNc2ccccn2)cc1. The van der Waals surface area contributed by atoms with Crippen molar-refractivity contribution in [3.05, 3.63) is 54.2 Å². The number of carbonyl (C=O) groups is 1. The van der Waals surface area contributed by atoms with Crippen molar-refractivity contribution in [2.24, 2.45) is 5.10 Å². The van der Waals surface area contributed by atoms with E-state index in [2.05, 4.69) is 15.5 Å². The molecular weight excluding hydrogens is 258 g/mol. The first-order valence-corrected chi connectivity index (χ1v) is 5.89. The van der Waals surface area contributed by atoms with E-state index >= 15 is 0 Å². The van der Waals surface area contributed by atoms with Gasteiger partial charge in [0.25, 0.3) is 0 Å². The zero-order chi connectivity index (χ0) is 14.2. The third-order valence-electron chi connectivity index (χ3n) is 2.30. The second kappa shape index (κ2) is 6.89. The Kier molecular flexibility index (Phi) is 4.66. The number of hydrogen-bond donors (Lipinski definition) is 2. The molecular formula is C14H13N3O3. The van der Waals surface area contributed by atoms with Crippen LogP contribution < -0.4 is 10.2 Å². The number of nitrogens with zero attached hydrogens (tertiary/aromatic N) is 2. The predicted molar refractivity (Wildman–Crippen MR) is 75.0 cm³/mol. The van der Waals surface area contributed by atoms with Gasteiger partial charge in [0.2, 0.25) is 0 Å². The molecule has 0 unspecified atom stereocenters. The molecule has 0 saturated carbocycles. The van der Waals surface area contributed by atoms with Crippen LogP contribution >= 0.6 is 0 Å². The molecule has 0 aliphatic carbocycles. The minimum atomic E-state index is -1.00. The van der Waals surface area contributed by atoms with Crippen molar-refractivity contribution in [3.8, 4) is 5.75 Å². The van der Waals surface area contributed by atoms with Crippen molar-refractivity contribution in [2.45, 2.75) is 0 Å². The van der Waals surface area contributed by atoms with Crippen LogP contribution in [0.25, 0.3) is 0 Å². The van der Waals surface area contributed by atoms with Crippen LogP contribution in [0, 0.1) is 0 Å². The van der Waals surface area contributed by atoms with Crippen LogP contribution in [0.2, 0.25) is 0 Å². The number of ether oxygens (including phenoxy) is 1. The molecule has 1 aromatic carbocycles. The van der Waals surface area contributed by atoms with Crippen molar-refractivity contribution in [1.29, 1.82) is 0 Å². The van der Waals surface area contributed by atoms with E-state index in [1.807, 2.05) is 12.1 Å². The highest BCUT2D eigenvalue weighted by atomic mass is 16.5. The van der Waals surface area contributed by atoms with E-state index in [0.29, 0.717) is 11.6 Å². The molecule has 0 bridgehead atoms. The van der Waals surface area contributed by atoms with Crippen molar-refractivity contribution >= 4 is 18.0 Å². The standard InChI is InChI=1S/C14H13N3O3/c18-14(19)10-20-12-6-4-11(5-7-12)9-16-17-13-3-1-2-8-15-13/h1-9H,10H2,(H,15,17)(H,18,19). The summed E-state index contributed by atoms with van der Waals surface area (Å²) in [6, 6.07) is 12.4. The summed E-state index contributed by atoms with van der Waals surface area (Å²) in [5.74, 6) is 0.155. The molecule has 0 amide bonds. The van der Waals surface area contributed by atoms with Gasteiger partial charge < -0.3 is 9.84 Å². The smallest absolute Gasteiger partial charge is 0.341 e. The maximum absolute atomic E-state index is 10.4. The quantitative estimate of drug-likeness (QED) is 0.620. The monoisotopic (exact) mass is 271 g/mol. The summed E-state index contributed by atoms with van der Waals surface area (Å²) in [5.41, 5.74) is 3.65. The van der Waals surface area contributed by atoms with Gasteiger partial charge in [-0.2, -0.15) is 5.10 Å². The first kappa shape index (κ1) is 13.5. The highest BCUT2D eigenvalue weighted by molar-refractivity contribution is 5.80. The lowest BCUT2D eigenvalue weighted by atomic mass is 10.2. The fourth-order valence-corrected chi connectivity index (χ4v) is 1.40. The molecule has 6 heteroatoms. The second-order valence-electron chi connectivity index (χ2n) is 3.84. The number of aliphatic carboxylic acids is 1. The van der Waals surface area contributed by atoms with E-state index in [1.54, 1.807) is 42.7 Å². The van der Waals surface area contributed by atoms with Crippen LogP contribution in [0.1, 0.15) is 5.56 Å². The van der Waals surface area contributed by atoms with Gasteiger partial charge in [0, 0.05) is 6.20 Å². The van der Waals surface area contributed by atoms with Crippen LogP contribution in [0.3, 0.4) is 0 Å². The second-order valence-corrected chi connectivity index (χ2v) is 3.84. The molecule has 0 atom stereocenters. The molecule has 6 nitrogen and oxygen atoms in total. The Labute approximate surface area is 115 Å². The number of anilines is 1. The minimum absolute atomic E-state index is 0.353.